The fourth-order valence-corrected chi connectivity index (χ4v) is 1.21. The summed E-state index contributed by atoms with van der Waals surface area (Å²) in [5.41, 5.74) is -0.461. The second kappa shape index (κ2) is 9.72. The molecule has 6 nitrogen and oxygen atoms in total. The molecular weight excluding hydrogens is 264 g/mol. The smallest absolute Gasteiger partial charge is 0.311 e. The molecular formula is C14H26O6. The third kappa shape index (κ3) is 8.87. The summed E-state index contributed by atoms with van der Waals surface area (Å²) in [7, 11) is 0. The van der Waals surface area contributed by atoms with Crippen molar-refractivity contribution in [3.63, 3.8) is 0 Å². The standard InChI is InChI=1S/C14H26O6/c1-4-14(2,3)13(18)20-10-6-5-9-19-12(17)8-7-11(15)16/h11,15-16H,4-10H2,1-3H3. The summed E-state index contributed by atoms with van der Waals surface area (Å²) in [5, 5.41) is 17.2. The van der Waals surface area contributed by atoms with Gasteiger partial charge in [0.25, 0.3) is 0 Å². The van der Waals surface area contributed by atoms with E-state index in [9.17, 15) is 9.59 Å². The fourth-order valence-electron chi connectivity index (χ4n) is 1.21. The van der Waals surface area contributed by atoms with Crippen LogP contribution in [-0.4, -0.2) is 41.7 Å². The maximum absolute atomic E-state index is 11.6. The minimum absolute atomic E-state index is 0.0165. The van der Waals surface area contributed by atoms with Gasteiger partial charge in [-0.25, -0.2) is 0 Å². The first kappa shape index (κ1) is 18.9. The van der Waals surface area contributed by atoms with Crippen LogP contribution in [0.3, 0.4) is 0 Å². The van der Waals surface area contributed by atoms with Gasteiger partial charge < -0.3 is 19.7 Å². The van der Waals surface area contributed by atoms with E-state index in [-0.39, 0.29) is 25.4 Å². The Labute approximate surface area is 120 Å². The van der Waals surface area contributed by atoms with Gasteiger partial charge in [-0.2, -0.15) is 0 Å². The van der Waals surface area contributed by atoms with Crippen LogP contribution >= 0.6 is 0 Å². The predicted molar refractivity (Wildman–Crippen MR) is 72.7 cm³/mol. The molecule has 6 heteroatoms. The Kier molecular flexibility index (Phi) is 9.16. The van der Waals surface area contributed by atoms with Crippen LogP contribution in [0.4, 0.5) is 0 Å². The van der Waals surface area contributed by atoms with Crippen molar-refractivity contribution in [3.8, 4) is 0 Å². The predicted octanol–water partition coefficient (Wildman–Crippen LogP) is 1.38. The van der Waals surface area contributed by atoms with Gasteiger partial charge in [0.15, 0.2) is 6.29 Å². The highest BCUT2D eigenvalue weighted by atomic mass is 16.5. The lowest BCUT2D eigenvalue weighted by molar-refractivity contribution is -0.154. The first-order valence-electron chi connectivity index (χ1n) is 6.98. The lowest BCUT2D eigenvalue weighted by Gasteiger charge is -2.20. The average Bonchev–Trinajstić information content (AvgIpc) is 2.39. The first-order valence-corrected chi connectivity index (χ1v) is 6.98. The van der Waals surface area contributed by atoms with E-state index < -0.39 is 17.7 Å². The summed E-state index contributed by atoms with van der Waals surface area (Å²) in [6, 6.07) is 0. The number of esters is 2. The highest BCUT2D eigenvalue weighted by Gasteiger charge is 2.26. The second-order valence-electron chi connectivity index (χ2n) is 5.32. The molecule has 0 aliphatic heterocycles. The van der Waals surface area contributed by atoms with Crippen molar-refractivity contribution in [2.75, 3.05) is 13.2 Å². The molecule has 0 unspecified atom stereocenters. The molecule has 20 heavy (non-hydrogen) atoms. The Balaban J connectivity index is 3.54. The SMILES string of the molecule is CCC(C)(C)C(=O)OCCCCOC(=O)CCC(O)O. The first-order chi connectivity index (χ1) is 9.29. The van der Waals surface area contributed by atoms with E-state index in [1.54, 1.807) is 0 Å². The highest BCUT2D eigenvalue weighted by molar-refractivity contribution is 5.75. The van der Waals surface area contributed by atoms with Crippen LogP contribution in [0, 0.1) is 5.41 Å². The van der Waals surface area contributed by atoms with Crippen LogP contribution in [0.1, 0.15) is 52.9 Å². The van der Waals surface area contributed by atoms with Gasteiger partial charge in [0.1, 0.15) is 0 Å². The Morgan fingerprint density at radius 3 is 2.15 bits per heavy atom. The molecule has 2 N–H and O–H groups in total. The van der Waals surface area contributed by atoms with E-state index in [4.69, 9.17) is 19.7 Å². The number of ether oxygens (including phenoxy) is 2. The van der Waals surface area contributed by atoms with E-state index in [1.165, 1.54) is 0 Å². The summed E-state index contributed by atoms with van der Waals surface area (Å²) in [6.45, 7) is 6.17. The zero-order valence-corrected chi connectivity index (χ0v) is 12.6. The monoisotopic (exact) mass is 290 g/mol. The Morgan fingerprint density at radius 1 is 1.10 bits per heavy atom. The van der Waals surface area contributed by atoms with E-state index in [0.29, 0.717) is 19.4 Å². The van der Waals surface area contributed by atoms with Gasteiger partial charge in [0.05, 0.1) is 25.0 Å². The number of hydrogen-bond acceptors (Lipinski definition) is 6. The lowest BCUT2D eigenvalue weighted by atomic mass is 9.91. The van der Waals surface area contributed by atoms with Gasteiger partial charge >= 0.3 is 11.9 Å². The summed E-state index contributed by atoms with van der Waals surface area (Å²) in [5.74, 6) is -0.670. The topological polar surface area (TPSA) is 93.1 Å². The van der Waals surface area contributed by atoms with Gasteiger partial charge in [-0.15, -0.1) is 0 Å². The van der Waals surface area contributed by atoms with Gasteiger partial charge in [-0.1, -0.05) is 6.92 Å². The van der Waals surface area contributed by atoms with Crippen LogP contribution in [0.5, 0.6) is 0 Å². The maximum Gasteiger partial charge on any atom is 0.311 e. The number of rotatable bonds is 10. The molecule has 0 fully saturated rings. The zero-order valence-electron chi connectivity index (χ0n) is 12.6. The number of hydrogen-bond donors (Lipinski definition) is 2. The number of unbranched alkanes of at least 4 members (excludes halogenated alkanes) is 1. The van der Waals surface area contributed by atoms with E-state index in [2.05, 4.69) is 0 Å². The van der Waals surface area contributed by atoms with Gasteiger partial charge in [0.2, 0.25) is 0 Å². The van der Waals surface area contributed by atoms with Crippen molar-refractivity contribution in [1.29, 1.82) is 0 Å². The van der Waals surface area contributed by atoms with Crippen LogP contribution < -0.4 is 0 Å². The van der Waals surface area contributed by atoms with Crippen LogP contribution in [0.15, 0.2) is 0 Å². The summed E-state index contributed by atoms with van der Waals surface area (Å²) in [6.07, 6.45) is 0.429. The molecule has 0 aromatic heterocycles. The molecule has 0 aliphatic carbocycles. The van der Waals surface area contributed by atoms with Crippen LogP contribution in [0.25, 0.3) is 0 Å². The minimum atomic E-state index is -1.48. The molecule has 0 aromatic carbocycles. The number of carbonyl (C=O) groups excluding carboxylic acids is 2. The molecule has 0 saturated heterocycles. The molecule has 0 heterocycles. The van der Waals surface area contributed by atoms with Crippen molar-refractivity contribution in [1.82, 2.24) is 0 Å². The van der Waals surface area contributed by atoms with E-state index in [0.717, 1.165) is 6.42 Å². The van der Waals surface area contributed by atoms with Crippen LogP contribution in [0.2, 0.25) is 0 Å². The maximum atomic E-state index is 11.6. The normalized spacial score (nSPS) is 11.5. The minimum Gasteiger partial charge on any atom is -0.466 e. The third-order valence-corrected chi connectivity index (χ3v) is 3.08. The van der Waals surface area contributed by atoms with Gasteiger partial charge in [0, 0.05) is 6.42 Å². The van der Waals surface area contributed by atoms with Gasteiger partial charge in [-0.05, 0) is 33.1 Å². The number of carbonyl (C=O) groups is 2. The molecule has 0 radical (unpaired) electrons. The largest absolute Gasteiger partial charge is 0.466 e. The van der Waals surface area contributed by atoms with Crippen molar-refractivity contribution < 1.29 is 29.3 Å². The quantitative estimate of drug-likeness (QED) is 0.359. The van der Waals surface area contributed by atoms with Crippen molar-refractivity contribution in [3.05, 3.63) is 0 Å². The van der Waals surface area contributed by atoms with Crippen molar-refractivity contribution in [2.45, 2.75) is 59.2 Å². The molecule has 0 rings (SSSR count). The average molecular weight is 290 g/mol. The van der Waals surface area contributed by atoms with Crippen LogP contribution in [-0.2, 0) is 19.1 Å². The molecule has 0 amide bonds. The second-order valence-corrected chi connectivity index (χ2v) is 5.32. The molecule has 0 bridgehead atoms. The van der Waals surface area contributed by atoms with Crippen molar-refractivity contribution >= 4 is 11.9 Å². The lowest BCUT2D eigenvalue weighted by Crippen LogP contribution is -2.26. The van der Waals surface area contributed by atoms with Gasteiger partial charge in [-0.3, -0.25) is 9.59 Å². The molecule has 0 atom stereocenters. The summed E-state index contributed by atoms with van der Waals surface area (Å²) >= 11 is 0. The fraction of sp³-hybridized carbons (Fsp3) is 0.857. The van der Waals surface area contributed by atoms with E-state index in [1.807, 2.05) is 20.8 Å². The molecule has 0 aliphatic rings. The van der Waals surface area contributed by atoms with Crippen molar-refractivity contribution in [2.24, 2.45) is 5.41 Å². The molecule has 0 spiro atoms. The zero-order chi connectivity index (χ0) is 15.6. The molecule has 118 valence electrons. The molecule has 0 aromatic rings. The number of aliphatic hydroxyl groups is 2. The third-order valence-electron chi connectivity index (χ3n) is 3.08. The Morgan fingerprint density at radius 2 is 1.65 bits per heavy atom. The van der Waals surface area contributed by atoms with E-state index >= 15 is 0 Å². The Hall–Kier alpha value is -1.14. The highest BCUT2D eigenvalue weighted by Crippen LogP contribution is 2.21. The summed E-state index contributed by atoms with van der Waals surface area (Å²) < 4.78 is 10.0. The molecule has 0 saturated carbocycles. The number of aliphatic hydroxyl groups excluding tert-OH is 1. The Bertz CT molecular complexity index is 298. The summed E-state index contributed by atoms with van der Waals surface area (Å²) in [4.78, 5) is 22.8.